The summed E-state index contributed by atoms with van der Waals surface area (Å²) in [6, 6.07) is 2.11. The van der Waals surface area contributed by atoms with Gasteiger partial charge in [-0.15, -0.1) is 23.1 Å². The van der Waals surface area contributed by atoms with Crippen LogP contribution in [0.1, 0.15) is 34.7 Å². The Hall–Kier alpha value is -0.530. The van der Waals surface area contributed by atoms with Gasteiger partial charge in [0.25, 0.3) is 0 Å². The number of hydrogen-bond acceptors (Lipinski definition) is 5. The fourth-order valence-corrected chi connectivity index (χ4v) is 7.00. The molecule has 1 saturated heterocycles. The average Bonchev–Trinajstić information content (AvgIpc) is 2.89. The number of thiophene rings is 1. The summed E-state index contributed by atoms with van der Waals surface area (Å²) in [6.07, 6.45) is 0.665. The van der Waals surface area contributed by atoms with Gasteiger partial charge < -0.3 is 5.32 Å². The number of rotatable bonds is 5. The lowest BCUT2D eigenvalue weighted by molar-refractivity contribution is -0.119. The SMILES string of the molecule is Cc1cc([C@@H](C)NC(=O)CS[C@@H]2CCS(=O)(=O)C2)c(C)s1. The minimum Gasteiger partial charge on any atom is -0.349 e. The second-order valence-electron chi connectivity index (χ2n) is 5.49. The summed E-state index contributed by atoms with van der Waals surface area (Å²) in [4.78, 5) is 14.5. The molecule has 4 nitrogen and oxygen atoms in total. The normalized spacial score (nSPS) is 22.1. The molecule has 0 spiro atoms. The van der Waals surface area contributed by atoms with E-state index in [1.165, 1.54) is 27.1 Å². The highest BCUT2D eigenvalue weighted by Crippen LogP contribution is 2.27. The predicted molar refractivity (Wildman–Crippen MR) is 89.9 cm³/mol. The minimum atomic E-state index is -2.86. The molecule has 0 saturated carbocycles. The molecule has 118 valence electrons. The molecule has 0 aromatic carbocycles. The van der Waals surface area contributed by atoms with Crippen LogP contribution < -0.4 is 5.32 Å². The van der Waals surface area contributed by atoms with Crippen molar-refractivity contribution < 1.29 is 13.2 Å². The summed E-state index contributed by atoms with van der Waals surface area (Å²) in [6.45, 7) is 6.11. The lowest BCUT2D eigenvalue weighted by Gasteiger charge is -2.14. The Morgan fingerprint density at radius 1 is 1.52 bits per heavy atom. The van der Waals surface area contributed by atoms with E-state index in [4.69, 9.17) is 0 Å². The maximum atomic E-state index is 12.0. The minimum absolute atomic E-state index is 0.00430. The molecular formula is C14H21NO3S3. The standard InChI is InChI=1S/C14H21NO3S3/c1-9-6-13(11(3)20-9)10(2)15-14(16)7-19-12-4-5-21(17,18)8-12/h6,10,12H,4-5,7-8H2,1-3H3,(H,15,16)/t10-,12-/m1/s1. The lowest BCUT2D eigenvalue weighted by Crippen LogP contribution is -2.29. The monoisotopic (exact) mass is 347 g/mol. The Balaban J connectivity index is 1.81. The molecule has 2 rings (SSSR count). The van der Waals surface area contributed by atoms with Crippen LogP contribution in [0.3, 0.4) is 0 Å². The lowest BCUT2D eigenvalue weighted by atomic mass is 10.1. The number of aryl methyl sites for hydroxylation is 2. The fraction of sp³-hybridized carbons (Fsp3) is 0.643. The molecule has 0 radical (unpaired) electrons. The van der Waals surface area contributed by atoms with Crippen molar-refractivity contribution in [2.75, 3.05) is 17.3 Å². The largest absolute Gasteiger partial charge is 0.349 e. The van der Waals surface area contributed by atoms with E-state index in [2.05, 4.69) is 25.2 Å². The Morgan fingerprint density at radius 3 is 2.76 bits per heavy atom. The topological polar surface area (TPSA) is 63.2 Å². The molecule has 1 N–H and O–H groups in total. The van der Waals surface area contributed by atoms with Crippen LogP contribution in [-0.2, 0) is 14.6 Å². The Kier molecular flexibility index (Phi) is 5.38. The summed E-state index contributed by atoms with van der Waals surface area (Å²) in [7, 11) is -2.86. The number of amides is 1. The zero-order valence-corrected chi connectivity index (χ0v) is 15.0. The van der Waals surface area contributed by atoms with E-state index in [-0.39, 0.29) is 28.7 Å². The van der Waals surface area contributed by atoms with Crippen LogP contribution in [0.4, 0.5) is 0 Å². The van der Waals surface area contributed by atoms with Gasteiger partial charge in [-0.3, -0.25) is 4.79 Å². The molecule has 1 aliphatic rings. The van der Waals surface area contributed by atoms with Gasteiger partial charge in [-0.05, 0) is 38.8 Å². The van der Waals surface area contributed by atoms with Gasteiger partial charge >= 0.3 is 0 Å². The molecule has 2 atom stereocenters. The third kappa shape index (κ3) is 4.72. The van der Waals surface area contributed by atoms with Crippen molar-refractivity contribution in [2.45, 2.75) is 38.5 Å². The molecule has 1 fully saturated rings. The first kappa shape index (κ1) is 16.8. The molecule has 0 aliphatic carbocycles. The van der Waals surface area contributed by atoms with Crippen LogP contribution in [0, 0.1) is 13.8 Å². The quantitative estimate of drug-likeness (QED) is 0.889. The smallest absolute Gasteiger partial charge is 0.230 e. The summed E-state index contributed by atoms with van der Waals surface area (Å²) in [5, 5.41) is 3.06. The summed E-state index contributed by atoms with van der Waals surface area (Å²) < 4.78 is 22.8. The van der Waals surface area contributed by atoms with Gasteiger partial charge in [-0.2, -0.15) is 0 Å². The molecule has 1 aliphatic heterocycles. The second kappa shape index (κ2) is 6.71. The fourth-order valence-electron chi connectivity index (χ4n) is 2.53. The van der Waals surface area contributed by atoms with Gasteiger partial charge in [0, 0.05) is 15.0 Å². The number of sulfone groups is 1. The van der Waals surface area contributed by atoms with E-state index >= 15 is 0 Å². The third-order valence-electron chi connectivity index (χ3n) is 3.56. The molecular weight excluding hydrogens is 326 g/mol. The van der Waals surface area contributed by atoms with Gasteiger partial charge in [0.15, 0.2) is 9.84 Å². The van der Waals surface area contributed by atoms with E-state index in [1.54, 1.807) is 11.3 Å². The van der Waals surface area contributed by atoms with Crippen LogP contribution in [-0.4, -0.2) is 36.8 Å². The number of carbonyl (C=O) groups is 1. The average molecular weight is 348 g/mol. The Morgan fingerprint density at radius 2 is 2.24 bits per heavy atom. The first-order valence-corrected chi connectivity index (χ1v) is 10.6. The van der Waals surface area contributed by atoms with E-state index in [1.807, 2.05) is 6.92 Å². The molecule has 21 heavy (non-hydrogen) atoms. The van der Waals surface area contributed by atoms with Crippen molar-refractivity contribution in [3.63, 3.8) is 0 Å². The van der Waals surface area contributed by atoms with E-state index in [0.29, 0.717) is 12.2 Å². The maximum Gasteiger partial charge on any atom is 0.230 e. The van der Waals surface area contributed by atoms with Crippen LogP contribution in [0.25, 0.3) is 0 Å². The molecule has 1 aromatic heterocycles. The molecule has 1 amide bonds. The highest BCUT2D eigenvalue weighted by atomic mass is 32.2. The van der Waals surface area contributed by atoms with Crippen molar-refractivity contribution in [1.29, 1.82) is 0 Å². The van der Waals surface area contributed by atoms with Crippen LogP contribution >= 0.6 is 23.1 Å². The van der Waals surface area contributed by atoms with Crippen molar-refractivity contribution in [2.24, 2.45) is 0 Å². The van der Waals surface area contributed by atoms with Gasteiger partial charge in [-0.1, -0.05) is 0 Å². The molecule has 0 unspecified atom stereocenters. The third-order valence-corrected chi connectivity index (χ3v) is 7.83. The summed E-state index contributed by atoms with van der Waals surface area (Å²) >= 11 is 3.19. The summed E-state index contributed by atoms with van der Waals surface area (Å²) in [5.74, 6) is 0.770. The zero-order chi connectivity index (χ0) is 15.6. The number of thioether (sulfide) groups is 1. The maximum absolute atomic E-state index is 12.0. The first-order valence-electron chi connectivity index (χ1n) is 6.95. The van der Waals surface area contributed by atoms with E-state index in [0.717, 1.165) is 0 Å². The van der Waals surface area contributed by atoms with Crippen LogP contribution in [0.5, 0.6) is 0 Å². The van der Waals surface area contributed by atoms with Crippen LogP contribution in [0.2, 0.25) is 0 Å². The van der Waals surface area contributed by atoms with Crippen molar-refractivity contribution >= 4 is 38.8 Å². The van der Waals surface area contributed by atoms with Crippen molar-refractivity contribution in [3.8, 4) is 0 Å². The number of nitrogens with one attached hydrogen (secondary N) is 1. The second-order valence-corrected chi connectivity index (χ2v) is 10.5. The Bertz CT molecular complexity index is 621. The first-order chi connectivity index (χ1) is 9.77. The number of hydrogen-bond donors (Lipinski definition) is 1. The highest BCUT2D eigenvalue weighted by Gasteiger charge is 2.28. The van der Waals surface area contributed by atoms with Gasteiger partial charge in [0.2, 0.25) is 5.91 Å². The van der Waals surface area contributed by atoms with Gasteiger partial charge in [-0.25, -0.2) is 8.42 Å². The predicted octanol–water partition coefficient (Wildman–Crippen LogP) is 2.46. The van der Waals surface area contributed by atoms with Crippen LogP contribution in [0.15, 0.2) is 6.07 Å². The molecule has 0 bridgehead atoms. The zero-order valence-electron chi connectivity index (χ0n) is 12.5. The number of carbonyl (C=O) groups excluding carboxylic acids is 1. The van der Waals surface area contributed by atoms with E-state index in [9.17, 15) is 13.2 Å². The molecule has 7 heteroatoms. The van der Waals surface area contributed by atoms with Crippen molar-refractivity contribution in [3.05, 3.63) is 21.4 Å². The van der Waals surface area contributed by atoms with Crippen molar-refractivity contribution in [1.82, 2.24) is 5.32 Å². The van der Waals surface area contributed by atoms with Gasteiger partial charge in [0.1, 0.15) is 0 Å². The van der Waals surface area contributed by atoms with Gasteiger partial charge in [0.05, 0.1) is 23.3 Å². The summed E-state index contributed by atoms with van der Waals surface area (Å²) in [5.41, 5.74) is 1.17. The van der Waals surface area contributed by atoms with E-state index < -0.39 is 9.84 Å². The Labute approximate surface area is 134 Å². The molecule has 1 aromatic rings. The highest BCUT2D eigenvalue weighted by molar-refractivity contribution is 8.02. The molecule has 2 heterocycles.